The molecule has 0 bridgehead atoms. The molecular weight excluding hydrogens is 346 g/mol. The zero-order chi connectivity index (χ0) is 19.0. The van der Waals surface area contributed by atoms with Gasteiger partial charge >= 0.3 is 0 Å². The second-order valence-corrected chi connectivity index (χ2v) is 6.14. The van der Waals surface area contributed by atoms with Gasteiger partial charge in [0.1, 0.15) is 0 Å². The van der Waals surface area contributed by atoms with E-state index in [9.17, 15) is 8.78 Å². The maximum Gasteiger partial charge on any atom is 0.161 e. The molecule has 0 amide bonds. The van der Waals surface area contributed by atoms with Gasteiger partial charge in [-0.15, -0.1) is 0 Å². The molecule has 0 radical (unpaired) electrons. The standard InChI is InChI=1S/C21H16F2N4/c1-12-19-18(27-21(26-12)14-4-3-9-25-11-14)8-6-15(20(19)24-2)13-5-7-16(22)17(23)10-13/h3-11,24H,1-2H3. The quantitative estimate of drug-likeness (QED) is 0.558. The van der Waals surface area contributed by atoms with Crippen LogP contribution in [0.3, 0.4) is 0 Å². The summed E-state index contributed by atoms with van der Waals surface area (Å²) < 4.78 is 27.0. The third kappa shape index (κ3) is 2.99. The Bertz CT molecular complexity index is 1140. The first-order chi connectivity index (χ1) is 13.1. The van der Waals surface area contributed by atoms with Crippen molar-refractivity contribution < 1.29 is 8.78 Å². The van der Waals surface area contributed by atoms with E-state index in [-0.39, 0.29) is 0 Å². The predicted molar refractivity (Wildman–Crippen MR) is 102 cm³/mol. The Morgan fingerprint density at radius 1 is 0.926 bits per heavy atom. The van der Waals surface area contributed by atoms with Crippen molar-refractivity contribution in [1.29, 1.82) is 0 Å². The van der Waals surface area contributed by atoms with Crippen LogP contribution >= 0.6 is 0 Å². The number of nitrogens with zero attached hydrogens (tertiary/aromatic N) is 3. The number of hydrogen-bond acceptors (Lipinski definition) is 4. The van der Waals surface area contributed by atoms with Crippen LogP contribution in [0.1, 0.15) is 5.69 Å². The summed E-state index contributed by atoms with van der Waals surface area (Å²) in [5.41, 5.74) is 4.48. The van der Waals surface area contributed by atoms with Crippen LogP contribution < -0.4 is 5.32 Å². The molecule has 0 saturated heterocycles. The Morgan fingerprint density at radius 3 is 2.48 bits per heavy atom. The van der Waals surface area contributed by atoms with E-state index in [4.69, 9.17) is 0 Å². The SMILES string of the molecule is CNc1c(-c2ccc(F)c(F)c2)ccc2nc(-c3cccnc3)nc(C)c12. The molecule has 4 nitrogen and oxygen atoms in total. The monoisotopic (exact) mass is 362 g/mol. The van der Waals surface area contributed by atoms with Crippen molar-refractivity contribution in [3.63, 3.8) is 0 Å². The molecule has 4 rings (SSSR count). The number of hydrogen-bond donors (Lipinski definition) is 1. The highest BCUT2D eigenvalue weighted by Crippen LogP contribution is 2.36. The van der Waals surface area contributed by atoms with Crippen molar-refractivity contribution in [2.24, 2.45) is 0 Å². The number of halogens is 2. The molecule has 0 unspecified atom stereocenters. The molecular formula is C21H16F2N4. The van der Waals surface area contributed by atoms with E-state index in [1.807, 2.05) is 31.2 Å². The molecule has 0 spiro atoms. The van der Waals surface area contributed by atoms with E-state index in [2.05, 4.69) is 20.3 Å². The van der Waals surface area contributed by atoms with Crippen LogP contribution in [0.15, 0.2) is 54.9 Å². The van der Waals surface area contributed by atoms with Gasteiger partial charge in [0.2, 0.25) is 0 Å². The van der Waals surface area contributed by atoms with E-state index in [0.717, 1.165) is 39.5 Å². The summed E-state index contributed by atoms with van der Waals surface area (Å²) in [6, 6.07) is 11.3. The van der Waals surface area contributed by atoms with Crippen molar-refractivity contribution in [3.8, 4) is 22.5 Å². The van der Waals surface area contributed by atoms with Gasteiger partial charge in [-0.1, -0.05) is 12.1 Å². The Kier molecular flexibility index (Phi) is 4.24. The van der Waals surface area contributed by atoms with Crippen LogP contribution in [0.4, 0.5) is 14.5 Å². The van der Waals surface area contributed by atoms with Crippen molar-refractivity contribution in [2.75, 3.05) is 12.4 Å². The fourth-order valence-corrected chi connectivity index (χ4v) is 3.19. The summed E-state index contributed by atoms with van der Waals surface area (Å²) in [4.78, 5) is 13.4. The van der Waals surface area contributed by atoms with Crippen LogP contribution in [0.2, 0.25) is 0 Å². The molecule has 2 aromatic heterocycles. The predicted octanol–water partition coefficient (Wildman–Crippen LogP) is 4.99. The molecule has 0 aliphatic heterocycles. The fourth-order valence-electron chi connectivity index (χ4n) is 3.19. The van der Waals surface area contributed by atoms with E-state index < -0.39 is 11.6 Å². The maximum absolute atomic E-state index is 13.7. The number of nitrogens with one attached hydrogen (secondary N) is 1. The zero-order valence-corrected chi connectivity index (χ0v) is 14.8. The average Bonchev–Trinajstić information content (AvgIpc) is 2.69. The molecule has 6 heteroatoms. The molecule has 0 saturated carbocycles. The fraction of sp³-hybridized carbons (Fsp3) is 0.0952. The van der Waals surface area contributed by atoms with Gasteiger partial charge in [0.25, 0.3) is 0 Å². The van der Waals surface area contributed by atoms with Crippen LogP contribution in [-0.2, 0) is 0 Å². The molecule has 1 N–H and O–H groups in total. The lowest BCUT2D eigenvalue weighted by Gasteiger charge is -2.15. The topological polar surface area (TPSA) is 50.7 Å². The van der Waals surface area contributed by atoms with Crippen molar-refractivity contribution >= 4 is 16.6 Å². The third-order valence-electron chi connectivity index (χ3n) is 4.45. The lowest BCUT2D eigenvalue weighted by atomic mass is 9.99. The summed E-state index contributed by atoms with van der Waals surface area (Å²) in [6.45, 7) is 1.90. The van der Waals surface area contributed by atoms with Crippen molar-refractivity contribution in [3.05, 3.63) is 72.2 Å². The maximum atomic E-state index is 13.7. The number of aromatic nitrogens is 3. The minimum absolute atomic E-state index is 0.580. The van der Waals surface area contributed by atoms with Gasteiger partial charge in [-0.05, 0) is 42.8 Å². The molecule has 2 heterocycles. The Balaban J connectivity index is 1.94. The van der Waals surface area contributed by atoms with Gasteiger partial charge in [-0.25, -0.2) is 18.7 Å². The summed E-state index contributed by atoms with van der Waals surface area (Å²) in [7, 11) is 1.78. The van der Waals surface area contributed by atoms with Crippen LogP contribution in [-0.4, -0.2) is 22.0 Å². The average molecular weight is 362 g/mol. The van der Waals surface area contributed by atoms with Crippen LogP contribution in [0.25, 0.3) is 33.4 Å². The summed E-state index contributed by atoms with van der Waals surface area (Å²) >= 11 is 0. The molecule has 0 aliphatic rings. The largest absolute Gasteiger partial charge is 0.387 e. The van der Waals surface area contributed by atoms with Gasteiger partial charge in [0.15, 0.2) is 17.5 Å². The Labute approximate surface area is 154 Å². The highest BCUT2D eigenvalue weighted by atomic mass is 19.2. The van der Waals surface area contributed by atoms with Gasteiger partial charge in [0, 0.05) is 36.0 Å². The van der Waals surface area contributed by atoms with E-state index in [1.54, 1.807) is 25.5 Å². The van der Waals surface area contributed by atoms with Gasteiger partial charge in [-0.2, -0.15) is 0 Å². The van der Waals surface area contributed by atoms with Crippen LogP contribution in [0, 0.1) is 18.6 Å². The molecule has 27 heavy (non-hydrogen) atoms. The lowest BCUT2D eigenvalue weighted by molar-refractivity contribution is 0.509. The summed E-state index contributed by atoms with van der Waals surface area (Å²) in [5, 5.41) is 4.00. The van der Waals surface area contributed by atoms with Crippen molar-refractivity contribution in [2.45, 2.75) is 6.92 Å². The summed E-state index contributed by atoms with van der Waals surface area (Å²) in [6.07, 6.45) is 3.42. The molecule has 2 aromatic carbocycles. The first-order valence-corrected chi connectivity index (χ1v) is 8.43. The number of rotatable bonds is 3. The van der Waals surface area contributed by atoms with Crippen molar-refractivity contribution in [1.82, 2.24) is 15.0 Å². The second kappa shape index (κ2) is 6.72. The lowest BCUT2D eigenvalue weighted by Crippen LogP contribution is -2.00. The minimum Gasteiger partial charge on any atom is -0.387 e. The number of aryl methyl sites for hydroxylation is 1. The molecule has 4 aromatic rings. The normalized spacial score (nSPS) is 11.0. The number of anilines is 1. The highest BCUT2D eigenvalue weighted by molar-refractivity contribution is 6.01. The first kappa shape index (κ1) is 17.0. The van der Waals surface area contributed by atoms with E-state index >= 15 is 0 Å². The van der Waals surface area contributed by atoms with E-state index in [0.29, 0.717) is 11.4 Å². The molecule has 134 valence electrons. The summed E-state index contributed by atoms with van der Waals surface area (Å²) in [5.74, 6) is -1.16. The second-order valence-electron chi connectivity index (χ2n) is 6.14. The van der Waals surface area contributed by atoms with Gasteiger partial charge in [-0.3, -0.25) is 4.98 Å². The minimum atomic E-state index is -0.880. The van der Waals surface area contributed by atoms with Gasteiger partial charge in [0.05, 0.1) is 16.9 Å². The zero-order valence-electron chi connectivity index (χ0n) is 14.8. The number of fused-ring (bicyclic) bond motifs is 1. The Morgan fingerprint density at radius 2 is 1.78 bits per heavy atom. The molecule has 0 aliphatic carbocycles. The van der Waals surface area contributed by atoms with Crippen LogP contribution in [0.5, 0.6) is 0 Å². The number of pyridine rings is 1. The smallest absolute Gasteiger partial charge is 0.161 e. The number of benzene rings is 2. The van der Waals surface area contributed by atoms with Gasteiger partial charge < -0.3 is 5.32 Å². The highest BCUT2D eigenvalue weighted by Gasteiger charge is 2.15. The Hall–Kier alpha value is -3.41. The molecule has 0 atom stereocenters. The first-order valence-electron chi connectivity index (χ1n) is 8.43. The molecule has 0 fully saturated rings. The third-order valence-corrected chi connectivity index (χ3v) is 4.45. The van der Waals surface area contributed by atoms with E-state index in [1.165, 1.54) is 6.07 Å².